The van der Waals surface area contributed by atoms with Crippen LogP contribution < -0.4 is 0 Å². The topological polar surface area (TPSA) is 67.2 Å². The molecule has 0 unspecified atom stereocenters. The summed E-state index contributed by atoms with van der Waals surface area (Å²) in [6, 6.07) is 26.0. The van der Waals surface area contributed by atoms with E-state index in [1.165, 1.54) is 28.7 Å². The lowest BCUT2D eigenvalue weighted by Crippen LogP contribution is -2.48. The molecule has 0 N–H and O–H groups in total. The minimum absolute atomic E-state index is 0.0129. The van der Waals surface area contributed by atoms with Crippen molar-refractivity contribution in [2.24, 2.45) is 0 Å². The van der Waals surface area contributed by atoms with Crippen molar-refractivity contribution in [3.8, 4) is 5.69 Å². The molecule has 0 bridgehead atoms. The first kappa shape index (κ1) is 30.6. The summed E-state index contributed by atoms with van der Waals surface area (Å²) in [5.74, 6) is 1.34. The second-order valence-electron chi connectivity index (χ2n) is 10.3. The van der Waals surface area contributed by atoms with Gasteiger partial charge in [-0.25, -0.2) is 4.98 Å². The Hall–Kier alpha value is -3.47. The van der Waals surface area contributed by atoms with Crippen molar-refractivity contribution in [1.82, 2.24) is 29.5 Å². The largest absolute Gasteiger partial charge is 0.335 e. The van der Waals surface area contributed by atoms with Crippen LogP contribution in [0.2, 0.25) is 10.0 Å². The first-order valence-corrected chi connectivity index (χ1v) is 16.9. The van der Waals surface area contributed by atoms with Gasteiger partial charge < -0.3 is 4.90 Å². The van der Waals surface area contributed by atoms with E-state index >= 15 is 0 Å². The molecule has 3 aromatic carbocycles. The fraction of sp³-hybridized carbons (Fsp3) is 0.212. The standard InChI is InChI=1S/C33H30Cl2N6OS2/c34-27-14-13-26(21-28(27)35)41-30(20-25-10-5-2-6-11-25)37-38-33(41)44-23-31-36-29(22-43-31)32(42)40-18-16-39(17-19-40)15-7-12-24-8-3-1-4-9-24/h1-14,21-22H,15-20,23H2. The highest BCUT2D eigenvalue weighted by Gasteiger charge is 2.24. The molecule has 2 aromatic heterocycles. The highest BCUT2D eigenvalue weighted by Crippen LogP contribution is 2.31. The van der Waals surface area contributed by atoms with Crippen LogP contribution in [0.25, 0.3) is 11.8 Å². The van der Waals surface area contributed by atoms with Crippen molar-refractivity contribution >= 4 is 58.3 Å². The third-order valence-corrected chi connectivity index (χ3v) is 10.0. The molecule has 1 aliphatic rings. The van der Waals surface area contributed by atoms with Crippen LogP contribution >= 0.6 is 46.3 Å². The molecule has 1 aliphatic heterocycles. The Kier molecular flexibility index (Phi) is 10.1. The zero-order valence-electron chi connectivity index (χ0n) is 23.9. The van der Waals surface area contributed by atoms with Crippen LogP contribution in [0.3, 0.4) is 0 Å². The number of thiazole rings is 1. The van der Waals surface area contributed by atoms with Gasteiger partial charge in [-0.05, 0) is 29.3 Å². The summed E-state index contributed by atoms with van der Waals surface area (Å²) in [4.78, 5) is 22.2. The first-order valence-electron chi connectivity index (χ1n) is 14.3. The number of carbonyl (C=O) groups is 1. The van der Waals surface area contributed by atoms with E-state index < -0.39 is 0 Å². The molecular weight excluding hydrogens is 631 g/mol. The molecular formula is C33H30Cl2N6OS2. The van der Waals surface area contributed by atoms with Crippen molar-refractivity contribution in [3.63, 3.8) is 0 Å². The van der Waals surface area contributed by atoms with Crippen molar-refractivity contribution < 1.29 is 4.79 Å². The van der Waals surface area contributed by atoms with Crippen molar-refractivity contribution in [2.75, 3.05) is 32.7 Å². The smallest absolute Gasteiger partial charge is 0.273 e. The van der Waals surface area contributed by atoms with Crippen LogP contribution in [0.5, 0.6) is 0 Å². The molecule has 6 rings (SSSR count). The van der Waals surface area contributed by atoms with Gasteiger partial charge in [0.1, 0.15) is 16.5 Å². The Morgan fingerprint density at radius 1 is 0.909 bits per heavy atom. The lowest BCUT2D eigenvalue weighted by molar-refractivity contribution is 0.0645. The predicted molar refractivity (Wildman–Crippen MR) is 180 cm³/mol. The summed E-state index contributed by atoms with van der Waals surface area (Å²) in [5.41, 5.74) is 3.66. The van der Waals surface area contributed by atoms with Crippen molar-refractivity contribution in [1.29, 1.82) is 0 Å². The number of amides is 1. The van der Waals surface area contributed by atoms with Gasteiger partial charge in [-0.2, -0.15) is 0 Å². The molecule has 5 aromatic rings. The lowest BCUT2D eigenvalue weighted by atomic mass is 10.1. The molecule has 1 saturated heterocycles. The molecule has 0 saturated carbocycles. The van der Waals surface area contributed by atoms with Crippen LogP contribution in [-0.4, -0.2) is 68.2 Å². The Morgan fingerprint density at radius 2 is 1.66 bits per heavy atom. The van der Waals surface area contributed by atoms with E-state index in [1.807, 2.05) is 63.4 Å². The second-order valence-corrected chi connectivity index (χ2v) is 13.0. The minimum atomic E-state index is -0.0129. The van der Waals surface area contributed by atoms with Gasteiger partial charge in [0.25, 0.3) is 5.91 Å². The zero-order valence-corrected chi connectivity index (χ0v) is 27.0. The number of piperazine rings is 1. The van der Waals surface area contributed by atoms with Gasteiger partial charge in [0, 0.05) is 44.5 Å². The number of aromatic nitrogens is 4. The maximum absolute atomic E-state index is 13.2. The fourth-order valence-corrected chi connectivity index (χ4v) is 7.02. The summed E-state index contributed by atoms with van der Waals surface area (Å²) >= 11 is 15.6. The highest BCUT2D eigenvalue weighted by molar-refractivity contribution is 7.98. The average molecular weight is 662 g/mol. The molecule has 0 spiro atoms. The number of hydrogen-bond acceptors (Lipinski definition) is 7. The maximum Gasteiger partial charge on any atom is 0.273 e. The van der Waals surface area contributed by atoms with Gasteiger partial charge in [0.2, 0.25) is 0 Å². The van der Waals surface area contributed by atoms with E-state index in [0.29, 0.717) is 41.0 Å². The van der Waals surface area contributed by atoms with Gasteiger partial charge in [-0.15, -0.1) is 21.5 Å². The quantitative estimate of drug-likeness (QED) is 0.146. The summed E-state index contributed by atoms with van der Waals surface area (Å²) in [5, 5.41) is 13.4. The summed E-state index contributed by atoms with van der Waals surface area (Å²) < 4.78 is 2.01. The number of rotatable bonds is 10. The van der Waals surface area contributed by atoms with Crippen LogP contribution in [0.15, 0.2) is 95.5 Å². The molecule has 1 amide bonds. The van der Waals surface area contributed by atoms with E-state index in [0.717, 1.165) is 46.9 Å². The molecule has 0 aliphatic carbocycles. The van der Waals surface area contributed by atoms with E-state index in [2.05, 4.69) is 51.5 Å². The van der Waals surface area contributed by atoms with Crippen LogP contribution in [0.1, 0.15) is 32.4 Å². The number of carbonyl (C=O) groups excluding carboxylic acids is 1. The molecule has 1 fully saturated rings. The van der Waals surface area contributed by atoms with Gasteiger partial charge in [0.05, 0.1) is 21.5 Å². The molecule has 224 valence electrons. The number of halogens is 2. The van der Waals surface area contributed by atoms with Gasteiger partial charge >= 0.3 is 0 Å². The van der Waals surface area contributed by atoms with Gasteiger partial charge in [-0.3, -0.25) is 14.3 Å². The summed E-state index contributed by atoms with van der Waals surface area (Å²) in [6.45, 7) is 3.93. The van der Waals surface area contributed by atoms with Crippen molar-refractivity contribution in [3.05, 3.63) is 128 Å². The van der Waals surface area contributed by atoms with Crippen LogP contribution in [0.4, 0.5) is 0 Å². The Balaban J connectivity index is 1.08. The first-order chi connectivity index (χ1) is 21.5. The molecule has 7 nitrogen and oxygen atoms in total. The number of thioether (sulfide) groups is 1. The molecule has 0 radical (unpaired) electrons. The summed E-state index contributed by atoms with van der Waals surface area (Å²) in [7, 11) is 0. The predicted octanol–water partition coefficient (Wildman–Crippen LogP) is 7.38. The third kappa shape index (κ3) is 7.60. The molecule has 44 heavy (non-hydrogen) atoms. The highest BCUT2D eigenvalue weighted by atomic mass is 35.5. The summed E-state index contributed by atoms with van der Waals surface area (Å²) in [6.07, 6.45) is 4.94. The fourth-order valence-electron chi connectivity index (χ4n) is 4.97. The molecule has 3 heterocycles. The maximum atomic E-state index is 13.2. The SMILES string of the molecule is O=C(c1csc(CSc2nnc(Cc3ccccc3)n2-c2ccc(Cl)c(Cl)c2)n1)N1CCN(CC=Cc2ccccc2)CC1. The Morgan fingerprint density at radius 3 is 2.41 bits per heavy atom. The second kappa shape index (κ2) is 14.5. The van der Waals surface area contributed by atoms with E-state index in [-0.39, 0.29) is 5.91 Å². The Labute approximate surface area is 275 Å². The Bertz CT molecular complexity index is 1730. The zero-order chi connectivity index (χ0) is 30.3. The van der Waals surface area contributed by atoms with E-state index in [9.17, 15) is 4.79 Å². The van der Waals surface area contributed by atoms with Gasteiger partial charge in [0.15, 0.2) is 5.16 Å². The average Bonchev–Trinajstić information content (AvgIpc) is 3.69. The van der Waals surface area contributed by atoms with Crippen LogP contribution in [0, 0.1) is 0 Å². The number of benzene rings is 3. The third-order valence-electron chi connectivity index (χ3n) is 7.30. The lowest BCUT2D eigenvalue weighted by Gasteiger charge is -2.33. The minimum Gasteiger partial charge on any atom is -0.335 e. The normalized spacial score (nSPS) is 14.0. The number of hydrogen-bond donors (Lipinski definition) is 0. The van der Waals surface area contributed by atoms with E-state index in [4.69, 9.17) is 28.2 Å². The monoisotopic (exact) mass is 660 g/mol. The van der Waals surface area contributed by atoms with Crippen LogP contribution in [-0.2, 0) is 12.2 Å². The van der Waals surface area contributed by atoms with E-state index in [1.54, 1.807) is 6.07 Å². The van der Waals surface area contributed by atoms with Crippen molar-refractivity contribution in [2.45, 2.75) is 17.3 Å². The number of nitrogens with zero attached hydrogens (tertiary/aromatic N) is 6. The van der Waals surface area contributed by atoms with Gasteiger partial charge in [-0.1, -0.05) is 108 Å². The molecule has 11 heteroatoms. The molecule has 0 atom stereocenters.